The number of anilines is 1. The van der Waals surface area contributed by atoms with E-state index in [1.165, 1.54) is 11.3 Å². The molecule has 1 amide bonds. The van der Waals surface area contributed by atoms with Gasteiger partial charge >= 0.3 is 0 Å². The van der Waals surface area contributed by atoms with Crippen LogP contribution in [0.15, 0.2) is 16.1 Å². The third-order valence-electron chi connectivity index (χ3n) is 2.19. The van der Waals surface area contributed by atoms with Crippen molar-refractivity contribution in [3.05, 3.63) is 28.6 Å². The van der Waals surface area contributed by atoms with Crippen molar-refractivity contribution in [3.8, 4) is 0 Å². The summed E-state index contributed by atoms with van der Waals surface area (Å²) in [5.41, 5.74) is 0.0180. The molecule has 0 aliphatic rings. The van der Waals surface area contributed by atoms with Crippen LogP contribution in [-0.2, 0) is 0 Å². The zero-order valence-corrected chi connectivity index (χ0v) is 10.2. The van der Waals surface area contributed by atoms with E-state index in [2.05, 4.69) is 15.5 Å². The Bertz CT molecular complexity index is 576. The predicted octanol–water partition coefficient (Wildman–Crippen LogP) is 1.05. The van der Waals surface area contributed by atoms with Crippen LogP contribution in [0.5, 0.6) is 0 Å². The number of nitrogens with one attached hydrogen (secondary N) is 2. The van der Waals surface area contributed by atoms with Crippen molar-refractivity contribution in [2.24, 2.45) is 0 Å². The van der Waals surface area contributed by atoms with Crippen LogP contribution in [0.3, 0.4) is 0 Å². The number of nitrogens with zero attached hydrogens (tertiary/aromatic N) is 2. The Labute approximate surface area is 106 Å². The summed E-state index contributed by atoms with van der Waals surface area (Å²) in [4.78, 5) is 15.9. The minimum absolute atomic E-state index is 0.0454. The van der Waals surface area contributed by atoms with E-state index in [1.54, 1.807) is 18.5 Å². The van der Waals surface area contributed by atoms with E-state index >= 15 is 0 Å². The van der Waals surface area contributed by atoms with Crippen molar-refractivity contribution >= 4 is 28.1 Å². The van der Waals surface area contributed by atoms with E-state index in [0.29, 0.717) is 5.13 Å². The van der Waals surface area contributed by atoms with Gasteiger partial charge in [0, 0.05) is 11.6 Å². The first-order valence-corrected chi connectivity index (χ1v) is 5.87. The number of carbonyl (C=O) groups is 1. The highest BCUT2D eigenvalue weighted by Gasteiger charge is 2.23. The van der Waals surface area contributed by atoms with Crippen LogP contribution >= 0.6 is 11.3 Å². The topological polar surface area (TPSA) is 112 Å². The molecule has 0 spiro atoms. The molecular formula is C10H10N4O3S. The molecule has 3 N–H and O–H groups in total. The molecule has 0 atom stereocenters. The van der Waals surface area contributed by atoms with Gasteiger partial charge < -0.3 is 15.0 Å². The highest BCUT2D eigenvalue weighted by atomic mass is 32.1. The Morgan fingerprint density at radius 1 is 1.67 bits per heavy atom. The van der Waals surface area contributed by atoms with Gasteiger partial charge in [0.25, 0.3) is 5.91 Å². The first-order chi connectivity index (χ1) is 8.63. The van der Waals surface area contributed by atoms with Crippen molar-refractivity contribution in [3.63, 3.8) is 0 Å². The van der Waals surface area contributed by atoms with E-state index < -0.39 is 12.5 Å². The fourth-order valence-electron chi connectivity index (χ4n) is 1.37. The normalized spacial score (nSPS) is 10.3. The van der Waals surface area contributed by atoms with Gasteiger partial charge in [0.2, 0.25) is 0 Å². The number of rotatable bonds is 4. The maximum Gasteiger partial charge on any atom is 0.263 e. The first kappa shape index (κ1) is 12.4. The van der Waals surface area contributed by atoms with Gasteiger partial charge in [-0.1, -0.05) is 5.16 Å². The van der Waals surface area contributed by atoms with Crippen molar-refractivity contribution in [2.75, 3.05) is 11.9 Å². The predicted molar refractivity (Wildman–Crippen MR) is 65.2 cm³/mol. The largest absolute Gasteiger partial charge is 0.390 e. The second-order valence-electron chi connectivity index (χ2n) is 3.39. The Balaban J connectivity index is 2.29. The molecule has 18 heavy (non-hydrogen) atoms. The molecule has 2 aromatic heterocycles. The number of hydrogen-bond acceptors (Lipinski definition) is 7. The molecule has 2 heterocycles. The van der Waals surface area contributed by atoms with E-state index in [9.17, 15) is 4.79 Å². The lowest BCUT2D eigenvalue weighted by atomic mass is 10.1. The van der Waals surface area contributed by atoms with Crippen molar-refractivity contribution in [1.82, 2.24) is 10.1 Å². The maximum absolute atomic E-state index is 12.0. The minimum Gasteiger partial charge on any atom is -0.390 e. The molecule has 2 rings (SSSR count). The van der Waals surface area contributed by atoms with Gasteiger partial charge in [0.15, 0.2) is 5.13 Å². The molecule has 94 valence electrons. The van der Waals surface area contributed by atoms with Crippen molar-refractivity contribution < 1.29 is 14.4 Å². The number of aryl methyl sites for hydroxylation is 1. The molecule has 0 saturated heterocycles. The van der Waals surface area contributed by atoms with E-state index in [1.807, 2.05) is 0 Å². The summed E-state index contributed by atoms with van der Waals surface area (Å²) >= 11 is 1.28. The highest BCUT2D eigenvalue weighted by Crippen LogP contribution is 2.17. The van der Waals surface area contributed by atoms with Crippen molar-refractivity contribution in [2.45, 2.75) is 6.92 Å². The Morgan fingerprint density at radius 3 is 3.06 bits per heavy atom. The second kappa shape index (κ2) is 5.07. The van der Waals surface area contributed by atoms with Gasteiger partial charge in [-0.15, -0.1) is 11.3 Å². The van der Waals surface area contributed by atoms with Gasteiger partial charge in [-0.3, -0.25) is 10.1 Å². The summed E-state index contributed by atoms with van der Waals surface area (Å²) in [5.74, 6) is -0.172. The molecule has 0 aliphatic carbocycles. The monoisotopic (exact) mass is 266 g/mol. The molecule has 7 nitrogen and oxygen atoms in total. The minimum atomic E-state index is -0.510. The fourth-order valence-corrected chi connectivity index (χ4v) is 1.89. The Hall–Kier alpha value is -2.06. The van der Waals surface area contributed by atoms with Crippen LogP contribution in [0.2, 0.25) is 0 Å². The molecule has 0 radical (unpaired) electrons. The summed E-state index contributed by atoms with van der Waals surface area (Å²) in [6.07, 6.45) is 1.57. The van der Waals surface area contributed by atoms with Crippen LogP contribution in [0, 0.1) is 12.3 Å². The standard InChI is InChI=1S/C10H10N4O3S/c1-5-7(8(14-17-5)6(11)4-15)9(16)13-10-12-2-3-18-10/h2-3,11,15H,4H2,1H3,(H,12,13,16). The van der Waals surface area contributed by atoms with Crippen LogP contribution in [0.25, 0.3) is 0 Å². The summed E-state index contributed by atoms with van der Waals surface area (Å²) < 4.78 is 4.88. The van der Waals surface area contributed by atoms with Crippen molar-refractivity contribution in [1.29, 1.82) is 5.41 Å². The van der Waals surface area contributed by atoms with Crippen LogP contribution < -0.4 is 5.32 Å². The smallest absolute Gasteiger partial charge is 0.263 e. The Kier molecular flexibility index (Phi) is 3.49. The van der Waals surface area contributed by atoms with E-state index in [4.69, 9.17) is 15.0 Å². The average Bonchev–Trinajstić information content (AvgIpc) is 2.97. The zero-order chi connectivity index (χ0) is 13.1. The lowest BCUT2D eigenvalue weighted by Gasteiger charge is -2.02. The molecule has 8 heteroatoms. The number of thiazole rings is 1. The van der Waals surface area contributed by atoms with Gasteiger partial charge in [0.1, 0.15) is 17.0 Å². The maximum atomic E-state index is 12.0. The molecule has 0 aliphatic heterocycles. The van der Waals surface area contributed by atoms with Crippen LogP contribution in [0.1, 0.15) is 21.8 Å². The van der Waals surface area contributed by atoms with Crippen LogP contribution in [0.4, 0.5) is 5.13 Å². The number of aliphatic hydroxyl groups is 1. The quantitative estimate of drug-likeness (QED) is 0.716. The molecule has 0 unspecified atom stereocenters. The van der Waals surface area contributed by atoms with E-state index in [-0.39, 0.29) is 22.7 Å². The third kappa shape index (κ3) is 2.29. The summed E-state index contributed by atoms with van der Waals surface area (Å²) in [6, 6.07) is 0. The number of amides is 1. The summed E-state index contributed by atoms with van der Waals surface area (Å²) in [6.45, 7) is 1.06. The highest BCUT2D eigenvalue weighted by molar-refractivity contribution is 7.13. The van der Waals surface area contributed by atoms with E-state index in [0.717, 1.165) is 0 Å². The van der Waals surface area contributed by atoms with Gasteiger partial charge in [0.05, 0.1) is 12.3 Å². The van der Waals surface area contributed by atoms with Gasteiger partial charge in [-0.05, 0) is 6.92 Å². The molecule has 0 fully saturated rings. The molecule has 2 aromatic rings. The van der Waals surface area contributed by atoms with Crippen LogP contribution in [-0.4, -0.2) is 33.5 Å². The molecule has 0 bridgehead atoms. The number of aliphatic hydroxyl groups excluding tert-OH is 1. The lowest BCUT2D eigenvalue weighted by molar-refractivity contribution is 0.102. The average molecular weight is 266 g/mol. The first-order valence-electron chi connectivity index (χ1n) is 4.99. The lowest BCUT2D eigenvalue weighted by Crippen LogP contribution is -2.17. The fraction of sp³-hybridized carbons (Fsp3) is 0.200. The summed E-state index contributed by atoms with van der Waals surface area (Å²) in [7, 11) is 0. The van der Waals surface area contributed by atoms with Gasteiger partial charge in [-0.25, -0.2) is 4.98 Å². The molecular weight excluding hydrogens is 256 g/mol. The Morgan fingerprint density at radius 2 is 2.44 bits per heavy atom. The molecule has 0 aromatic carbocycles. The third-order valence-corrected chi connectivity index (χ3v) is 2.88. The SMILES string of the molecule is Cc1onc(C(=N)CO)c1C(=O)Nc1nccs1. The zero-order valence-electron chi connectivity index (χ0n) is 9.43. The molecule has 0 saturated carbocycles. The second-order valence-corrected chi connectivity index (χ2v) is 4.28. The summed E-state index contributed by atoms with van der Waals surface area (Å²) in [5, 5.41) is 24.8. The number of hydrogen-bond donors (Lipinski definition) is 3. The van der Waals surface area contributed by atoms with Gasteiger partial charge in [-0.2, -0.15) is 0 Å². The number of aromatic nitrogens is 2. The number of carbonyl (C=O) groups excluding carboxylic acids is 1.